The molecule has 0 aliphatic carbocycles. The molecule has 1 aromatic carbocycles. The zero-order valence-electron chi connectivity index (χ0n) is 12.3. The van der Waals surface area contributed by atoms with E-state index in [-0.39, 0.29) is 6.03 Å². The number of urea groups is 1. The smallest absolute Gasteiger partial charge is 0.309 e. The average Bonchev–Trinajstić information content (AvgIpc) is 2.47. The summed E-state index contributed by atoms with van der Waals surface area (Å²) in [6.07, 6.45) is 4.26. The third-order valence-electron chi connectivity index (χ3n) is 2.98. The highest BCUT2D eigenvalue weighted by molar-refractivity contribution is 5.99. The number of pyridine rings is 1. The number of carbonyl (C=O) groups excluding carboxylic acids is 1. The second-order valence-corrected chi connectivity index (χ2v) is 5.07. The Kier molecular flexibility index (Phi) is 5.29. The molecule has 2 N–H and O–H groups in total. The Morgan fingerprint density at radius 3 is 2.43 bits per heavy atom. The van der Waals surface area contributed by atoms with Gasteiger partial charge in [-0.25, -0.2) is 4.79 Å². The summed E-state index contributed by atoms with van der Waals surface area (Å²) in [5.74, 6) is 0. The molecule has 0 spiro atoms. The predicted molar refractivity (Wildman–Crippen MR) is 85.6 cm³/mol. The van der Waals surface area contributed by atoms with E-state index >= 15 is 0 Å². The van der Waals surface area contributed by atoms with Crippen LogP contribution in [0.2, 0.25) is 0 Å². The monoisotopic (exact) mass is 284 g/mol. The molecule has 0 fully saturated rings. The zero-order valence-corrected chi connectivity index (χ0v) is 12.3. The molecule has 2 amide bonds. The lowest BCUT2D eigenvalue weighted by atomic mass is 10.1. The number of hydrogen-bond donors (Lipinski definition) is 2. The highest BCUT2D eigenvalue weighted by Crippen LogP contribution is 2.11. The summed E-state index contributed by atoms with van der Waals surface area (Å²) in [4.78, 5) is 17.9. The van der Waals surface area contributed by atoms with E-state index in [1.807, 2.05) is 24.3 Å². The first-order valence-electron chi connectivity index (χ1n) is 6.85. The summed E-state index contributed by atoms with van der Waals surface area (Å²) in [6, 6.07) is 11.2. The van der Waals surface area contributed by atoms with E-state index in [0.717, 1.165) is 18.7 Å². The first-order valence-corrected chi connectivity index (χ1v) is 6.85. The van der Waals surface area contributed by atoms with Gasteiger partial charge in [-0.05, 0) is 50.3 Å². The topological polar surface area (TPSA) is 57.3 Å². The van der Waals surface area contributed by atoms with Gasteiger partial charge < -0.3 is 15.5 Å². The molecule has 0 bridgehead atoms. The van der Waals surface area contributed by atoms with Crippen LogP contribution in [-0.4, -0.2) is 36.6 Å². The minimum absolute atomic E-state index is 0.274. The van der Waals surface area contributed by atoms with E-state index in [1.54, 1.807) is 24.5 Å². The molecule has 0 aliphatic rings. The molecule has 0 radical (unpaired) electrons. The summed E-state index contributed by atoms with van der Waals surface area (Å²) in [7, 11) is 4.11. The van der Waals surface area contributed by atoms with Gasteiger partial charge in [0.1, 0.15) is 0 Å². The highest BCUT2D eigenvalue weighted by Gasteiger charge is 2.02. The van der Waals surface area contributed by atoms with Crippen molar-refractivity contribution < 1.29 is 4.79 Å². The van der Waals surface area contributed by atoms with Crippen molar-refractivity contribution in [1.82, 2.24) is 9.88 Å². The fraction of sp³-hybridized carbons (Fsp3) is 0.250. The molecular weight excluding hydrogens is 264 g/mol. The van der Waals surface area contributed by atoms with Gasteiger partial charge in [-0.2, -0.15) is 0 Å². The predicted octanol–water partition coefficient (Wildman–Crippen LogP) is 2.83. The number of carbonyl (C=O) groups is 1. The van der Waals surface area contributed by atoms with Crippen molar-refractivity contribution in [2.75, 3.05) is 31.3 Å². The van der Waals surface area contributed by atoms with Crippen LogP contribution >= 0.6 is 0 Å². The van der Waals surface area contributed by atoms with Gasteiger partial charge in [0.15, 0.2) is 0 Å². The van der Waals surface area contributed by atoms with Gasteiger partial charge >= 0.3 is 6.03 Å². The van der Waals surface area contributed by atoms with Crippen molar-refractivity contribution in [3.8, 4) is 0 Å². The van der Waals surface area contributed by atoms with E-state index in [9.17, 15) is 4.79 Å². The maximum absolute atomic E-state index is 11.8. The van der Waals surface area contributed by atoms with E-state index in [2.05, 4.69) is 34.6 Å². The Morgan fingerprint density at radius 2 is 1.81 bits per heavy atom. The van der Waals surface area contributed by atoms with Crippen LogP contribution in [-0.2, 0) is 6.42 Å². The first kappa shape index (κ1) is 15.0. The van der Waals surface area contributed by atoms with Crippen molar-refractivity contribution in [3.63, 3.8) is 0 Å². The van der Waals surface area contributed by atoms with Gasteiger partial charge in [0.25, 0.3) is 0 Å². The summed E-state index contributed by atoms with van der Waals surface area (Å²) in [6.45, 7) is 1.01. The second-order valence-electron chi connectivity index (χ2n) is 5.07. The summed E-state index contributed by atoms with van der Waals surface area (Å²) < 4.78 is 0. The fourth-order valence-electron chi connectivity index (χ4n) is 1.84. The summed E-state index contributed by atoms with van der Waals surface area (Å²) in [5.41, 5.74) is 2.68. The lowest BCUT2D eigenvalue weighted by molar-refractivity contribution is 0.262. The van der Waals surface area contributed by atoms with Gasteiger partial charge in [-0.1, -0.05) is 12.1 Å². The van der Waals surface area contributed by atoms with Crippen LogP contribution < -0.4 is 10.6 Å². The highest BCUT2D eigenvalue weighted by atomic mass is 16.2. The number of nitrogens with zero attached hydrogens (tertiary/aromatic N) is 2. The molecule has 21 heavy (non-hydrogen) atoms. The SMILES string of the molecule is CN(C)CCc1ccc(NC(=O)Nc2cccnc2)cc1. The van der Waals surface area contributed by atoms with Gasteiger partial charge in [-0.15, -0.1) is 0 Å². The molecule has 110 valence electrons. The van der Waals surface area contributed by atoms with Gasteiger partial charge in [0, 0.05) is 18.4 Å². The molecule has 0 atom stereocenters. The van der Waals surface area contributed by atoms with E-state index in [0.29, 0.717) is 5.69 Å². The van der Waals surface area contributed by atoms with Gasteiger partial charge in [0.05, 0.1) is 11.9 Å². The van der Waals surface area contributed by atoms with Crippen LogP contribution in [0, 0.1) is 0 Å². The Labute approximate surface area is 125 Å². The van der Waals surface area contributed by atoms with Crippen molar-refractivity contribution >= 4 is 17.4 Å². The van der Waals surface area contributed by atoms with Gasteiger partial charge in [-0.3, -0.25) is 4.98 Å². The van der Waals surface area contributed by atoms with Crippen LogP contribution in [0.3, 0.4) is 0 Å². The van der Waals surface area contributed by atoms with Crippen molar-refractivity contribution in [2.45, 2.75) is 6.42 Å². The molecule has 0 aliphatic heterocycles. The van der Waals surface area contributed by atoms with Crippen molar-refractivity contribution in [2.24, 2.45) is 0 Å². The first-order chi connectivity index (χ1) is 10.1. The van der Waals surface area contributed by atoms with Gasteiger partial charge in [0.2, 0.25) is 0 Å². The van der Waals surface area contributed by atoms with Crippen molar-refractivity contribution in [1.29, 1.82) is 0 Å². The maximum atomic E-state index is 11.8. The normalized spacial score (nSPS) is 10.4. The number of aromatic nitrogens is 1. The quantitative estimate of drug-likeness (QED) is 0.887. The summed E-state index contributed by atoms with van der Waals surface area (Å²) >= 11 is 0. The van der Waals surface area contributed by atoms with Crippen LogP contribution in [0.5, 0.6) is 0 Å². The van der Waals surface area contributed by atoms with Crippen LogP contribution in [0.25, 0.3) is 0 Å². The second kappa shape index (κ2) is 7.40. The third kappa shape index (κ3) is 5.24. The Hall–Kier alpha value is -2.40. The number of rotatable bonds is 5. The fourth-order valence-corrected chi connectivity index (χ4v) is 1.84. The average molecular weight is 284 g/mol. The summed E-state index contributed by atoms with van der Waals surface area (Å²) in [5, 5.41) is 5.52. The molecule has 0 unspecified atom stereocenters. The van der Waals surface area contributed by atoms with Crippen molar-refractivity contribution in [3.05, 3.63) is 54.4 Å². The Bertz CT molecular complexity index is 567. The van der Waals surface area contributed by atoms with E-state index < -0.39 is 0 Å². The molecule has 1 aromatic heterocycles. The molecule has 0 saturated heterocycles. The van der Waals surface area contributed by atoms with E-state index in [1.165, 1.54) is 5.56 Å². The minimum Gasteiger partial charge on any atom is -0.309 e. The largest absolute Gasteiger partial charge is 0.323 e. The number of amides is 2. The maximum Gasteiger partial charge on any atom is 0.323 e. The zero-order chi connectivity index (χ0) is 15.1. The van der Waals surface area contributed by atoms with Crippen LogP contribution in [0.4, 0.5) is 16.2 Å². The molecule has 5 heteroatoms. The Balaban J connectivity index is 1.86. The molecule has 0 saturated carbocycles. The number of benzene rings is 1. The molecule has 5 nitrogen and oxygen atoms in total. The van der Waals surface area contributed by atoms with Crippen LogP contribution in [0.1, 0.15) is 5.56 Å². The van der Waals surface area contributed by atoms with E-state index in [4.69, 9.17) is 0 Å². The molecule has 2 aromatic rings. The minimum atomic E-state index is -0.274. The number of anilines is 2. The number of likely N-dealkylation sites (N-methyl/N-ethyl adjacent to an activating group) is 1. The lowest BCUT2D eigenvalue weighted by Gasteiger charge is -2.10. The molecule has 2 rings (SSSR count). The lowest BCUT2D eigenvalue weighted by Crippen LogP contribution is -2.19. The number of hydrogen-bond acceptors (Lipinski definition) is 3. The standard InChI is InChI=1S/C16H20N4O/c1-20(2)11-9-13-5-7-14(8-6-13)18-16(21)19-15-4-3-10-17-12-15/h3-8,10,12H,9,11H2,1-2H3,(H2,18,19,21). The molecular formula is C16H20N4O. The van der Waals surface area contributed by atoms with Crippen LogP contribution in [0.15, 0.2) is 48.8 Å². The Morgan fingerprint density at radius 1 is 1.10 bits per heavy atom. The molecule has 1 heterocycles. The number of nitrogens with one attached hydrogen (secondary N) is 2. The third-order valence-corrected chi connectivity index (χ3v) is 2.98.